The first kappa shape index (κ1) is 22.9. The van der Waals surface area contributed by atoms with Gasteiger partial charge in [-0.05, 0) is 44.0 Å². The van der Waals surface area contributed by atoms with Crippen molar-refractivity contribution in [3.05, 3.63) is 53.0 Å². The van der Waals surface area contributed by atoms with Gasteiger partial charge < -0.3 is 13.9 Å². The number of hydrogen-bond acceptors (Lipinski definition) is 7. The third-order valence-electron chi connectivity index (χ3n) is 5.01. The molecule has 0 unspecified atom stereocenters. The van der Waals surface area contributed by atoms with Gasteiger partial charge in [0, 0.05) is 18.7 Å². The molecule has 8 nitrogen and oxygen atoms in total. The smallest absolute Gasteiger partial charge is 0.374 e. The Bertz CT molecular complexity index is 1090. The molecule has 0 bridgehead atoms. The van der Waals surface area contributed by atoms with E-state index >= 15 is 0 Å². The highest BCUT2D eigenvalue weighted by Crippen LogP contribution is 2.26. The molecule has 11 heteroatoms. The van der Waals surface area contributed by atoms with Gasteiger partial charge in [-0.25, -0.2) is 22.0 Å². The van der Waals surface area contributed by atoms with Crippen LogP contribution in [0.3, 0.4) is 0 Å². The first-order chi connectivity index (χ1) is 14.6. The van der Waals surface area contributed by atoms with E-state index in [0.29, 0.717) is 11.6 Å². The molecule has 0 spiro atoms. The second-order valence-electron chi connectivity index (χ2n) is 7.08. The third kappa shape index (κ3) is 4.93. The molecule has 2 heterocycles. The zero-order valence-electron chi connectivity index (χ0n) is 16.9. The molecule has 1 fully saturated rings. The molecule has 0 N–H and O–H groups in total. The maximum atomic E-state index is 13.4. The summed E-state index contributed by atoms with van der Waals surface area (Å²) in [7, 11) is -2.78. The maximum Gasteiger partial charge on any atom is 0.374 e. The quantitative estimate of drug-likeness (QED) is 0.615. The molecule has 168 valence electrons. The van der Waals surface area contributed by atoms with E-state index in [-0.39, 0.29) is 49.0 Å². The third-order valence-corrected chi connectivity index (χ3v) is 6.91. The molecule has 31 heavy (non-hydrogen) atoms. The molecule has 0 radical (unpaired) electrons. The van der Waals surface area contributed by atoms with Crippen LogP contribution in [0.25, 0.3) is 0 Å². The first-order valence-electron chi connectivity index (χ1n) is 9.43. The van der Waals surface area contributed by atoms with Gasteiger partial charge in [0.05, 0.1) is 17.9 Å². The minimum Gasteiger partial charge on any atom is -0.463 e. The molecular weight excluding hydrogens is 436 g/mol. The Balaban J connectivity index is 1.56. The number of carbonyl (C=O) groups excluding carboxylic acids is 2. The van der Waals surface area contributed by atoms with Gasteiger partial charge in [0.2, 0.25) is 15.8 Å². The van der Waals surface area contributed by atoms with Crippen LogP contribution in [0.1, 0.15) is 34.7 Å². The van der Waals surface area contributed by atoms with Crippen molar-refractivity contribution >= 4 is 22.0 Å². The molecule has 1 aromatic carbocycles. The molecular formula is C20H21F2NO7S. The van der Waals surface area contributed by atoms with Crippen molar-refractivity contribution in [3.8, 4) is 0 Å². The summed E-state index contributed by atoms with van der Waals surface area (Å²) in [5.41, 5.74) is 0.550. The van der Waals surface area contributed by atoms with Crippen LogP contribution in [0.15, 0.2) is 33.6 Å². The molecule has 1 saturated heterocycles. The number of esters is 2. The van der Waals surface area contributed by atoms with Gasteiger partial charge in [-0.3, -0.25) is 4.79 Å². The summed E-state index contributed by atoms with van der Waals surface area (Å²) in [5, 5.41) is 0. The van der Waals surface area contributed by atoms with Crippen LogP contribution < -0.4 is 0 Å². The largest absolute Gasteiger partial charge is 0.463 e. The van der Waals surface area contributed by atoms with Gasteiger partial charge in [0.15, 0.2) is 11.6 Å². The van der Waals surface area contributed by atoms with Gasteiger partial charge in [0.25, 0.3) is 0 Å². The number of benzene rings is 1. The zero-order chi connectivity index (χ0) is 22.8. The van der Waals surface area contributed by atoms with Crippen molar-refractivity contribution < 1.29 is 40.7 Å². The monoisotopic (exact) mass is 457 g/mol. The van der Waals surface area contributed by atoms with Gasteiger partial charge in [-0.1, -0.05) is 0 Å². The van der Waals surface area contributed by atoms with Gasteiger partial charge in [-0.2, -0.15) is 4.31 Å². The summed E-state index contributed by atoms with van der Waals surface area (Å²) < 4.78 is 68.0. The maximum absolute atomic E-state index is 13.4. The molecule has 0 aliphatic carbocycles. The van der Waals surface area contributed by atoms with Crippen molar-refractivity contribution in [1.29, 1.82) is 0 Å². The second kappa shape index (κ2) is 9.15. The SMILES string of the molecule is COC(=O)c1oc(COC(=O)C2CCN(S(=O)(=O)c3ccc(F)c(F)c3)CC2)cc1C. The normalized spacial score (nSPS) is 15.6. The molecule has 0 atom stereocenters. The fourth-order valence-corrected chi connectivity index (χ4v) is 4.77. The van der Waals surface area contributed by atoms with E-state index in [2.05, 4.69) is 4.74 Å². The Morgan fingerprint density at radius 1 is 1.16 bits per heavy atom. The van der Waals surface area contributed by atoms with E-state index < -0.39 is 39.5 Å². The summed E-state index contributed by atoms with van der Waals surface area (Å²) >= 11 is 0. The number of carbonyl (C=O) groups is 2. The number of furan rings is 1. The summed E-state index contributed by atoms with van der Waals surface area (Å²) in [4.78, 5) is 23.6. The predicted octanol–water partition coefficient (Wildman–Crippen LogP) is 2.80. The molecule has 1 aliphatic rings. The Morgan fingerprint density at radius 3 is 2.45 bits per heavy atom. The Morgan fingerprint density at radius 2 is 1.84 bits per heavy atom. The Kier molecular flexibility index (Phi) is 6.75. The molecule has 0 amide bonds. The van der Waals surface area contributed by atoms with Crippen LogP contribution in [0.2, 0.25) is 0 Å². The predicted molar refractivity (Wildman–Crippen MR) is 102 cm³/mol. The molecule has 2 aromatic rings. The molecule has 1 aliphatic heterocycles. The van der Waals surface area contributed by atoms with Crippen LogP contribution in [0.5, 0.6) is 0 Å². The van der Waals surface area contributed by atoms with Crippen LogP contribution in [0.4, 0.5) is 8.78 Å². The summed E-state index contributed by atoms with van der Waals surface area (Å²) in [6.07, 6.45) is 0.429. The number of piperidine rings is 1. The summed E-state index contributed by atoms with van der Waals surface area (Å²) in [5.74, 6) is -3.74. The molecule has 0 saturated carbocycles. The van der Waals surface area contributed by atoms with Crippen LogP contribution >= 0.6 is 0 Å². The second-order valence-corrected chi connectivity index (χ2v) is 9.02. The van der Waals surface area contributed by atoms with Crippen LogP contribution in [-0.4, -0.2) is 44.9 Å². The highest BCUT2D eigenvalue weighted by molar-refractivity contribution is 7.89. The van der Waals surface area contributed by atoms with E-state index in [1.54, 1.807) is 13.0 Å². The highest BCUT2D eigenvalue weighted by atomic mass is 32.2. The average Bonchev–Trinajstić information content (AvgIpc) is 3.13. The standard InChI is InChI=1S/C20H21F2NO7S/c1-12-9-14(30-18(12)20(25)28-2)11-29-19(24)13-5-7-23(8-6-13)31(26,27)15-3-4-16(21)17(22)10-15/h3-4,9-10,13H,5-8,11H2,1-2H3. The van der Waals surface area contributed by atoms with E-state index in [0.717, 1.165) is 16.4 Å². The van der Waals surface area contributed by atoms with E-state index in [1.807, 2.05) is 0 Å². The Labute approximate surface area is 177 Å². The lowest BCUT2D eigenvalue weighted by atomic mass is 9.98. The number of rotatable bonds is 6. The number of sulfonamides is 1. The molecule has 1 aromatic heterocycles. The number of hydrogen-bond donors (Lipinski definition) is 0. The summed E-state index contributed by atoms with van der Waals surface area (Å²) in [6.45, 7) is 1.55. The number of methoxy groups -OCH3 is 1. The zero-order valence-corrected chi connectivity index (χ0v) is 17.7. The number of halogens is 2. The number of aryl methyl sites for hydroxylation is 1. The van der Waals surface area contributed by atoms with Gasteiger partial charge in [0.1, 0.15) is 12.4 Å². The van der Waals surface area contributed by atoms with Crippen molar-refractivity contribution in [3.63, 3.8) is 0 Å². The van der Waals surface area contributed by atoms with Crippen molar-refractivity contribution in [2.45, 2.75) is 31.3 Å². The van der Waals surface area contributed by atoms with Crippen LogP contribution in [-0.2, 0) is 30.9 Å². The van der Waals surface area contributed by atoms with E-state index in [1.165, 1.54) is 7.11 Å². The summed E-state index contributed by atoms with van der Waals surface area (Å²) in [6, 6.07) is 3.96. The minimum atomic E-state index is -4.00. The van der Waals surface area contributed by atoms with Crippen molar-refractivity contribution in [2.24, 2.45) is 5.92 Å². The lowest BCUT2D eigenvalue weighted by Crippen LogP contribution is -2.40. The van der Waals surface area contributed by atoms with Gasteiger partial charge in [-0.15, -0.1) is 0 Å². The number of ether oxygens (including phenoxy) is 2. The van der Waals surface area contributed by atoms with Gasteiger partial charge >= 0.3 is 11.9 Å². The fraction of sp³-hybridized carbons (Fsp3) is 0.400. The lowest BCUT2D eigenvalue weighted by molar-refractivity contribution is -0.151. The first-order valence-corrected chi connectivity index (χ1v) is 10.9. The topological polar surface area (TPSA) is 103 Å². The average molecular weight is 457 g/mol. The highest BCUT2D eigenvalue weighted by Gasteiger charge is 2.33. The minimum absolute atomic E-state index is 0.0318. The van der Waals surface area contributed by atoms with E-state index in [4.69, 9.17) is 9.15 Å². The fourth-order valence-electron chi connectivity index (χ4n) is 3.29. The van der Waals surface area contributed by atoms with E-state index in [9.17, 15) is 26.8 Å². The molecule has 3 rings (SSSR count). The lowest BCUT2D eigenvalue weighted by Gasteiger charge is -2.30. The Hall–Kier alpha value is -2.79. The van der Waals surface area contributed by atoms with Crippen molar-refractivity contribution in [2.75, 3.05) is 20.2 Å². The van der Waals surface area contributed by atoms with Crippen LogP contribution in [0, 0.1) is 24.5 Å². The van der Waals surface area contributed by atoms with Crippen molar-refractivity contribution in [1.82, 2.24) is 4.31 Å². The number of nitrogens with zero attached hydrogens (tertiary/aromatic N) is 1.